The summed E-state index contributed by atoms with van der Waals surface area (Å²) in [5.74, 6) is -0.282. The number of esters is 1. The number of anilines is 1. The number of carbonyl (C=O) groups excluding carboxylic acids is 1. The van der Waals surface area contributed by atoms with Gasteiger partial charge in [0.1, 0.15) is 0 Å². The van der Waals surface area contributed by atoms with E-state index in [0.29, 0.717) is 0 Å². The summed E-state index contributed by atoms with van der Waals surface area (Å²) in [5, 5.41) is 0. The van der Waals surface area contributed by atoms with Crippen LogP contribution in [0.2, 0.25) is 0 Å². The van der Waals surface area contributed by atoms with Gasteiger partial charge in [-0.15, -0.1) is 0 Å². The Labute approximate surface area is 109 Å². The minimum atomic E-state index is -0.303. The van der Waals surface area contributed by atoms with Gasteiger partial charge in [-0.05, 0) is 31.5 Å². The highest BCUT2D eigenvalue weighted by molar-refractivity contribution is 5.70. The highest BCUT2D eigenvalue weighted by Crippen LogP contribution is 2.20. The summed E-state index contributed by atoms with van der Waals surface area (Å²) < 4.78 is 4.61. The Morgan fingerprint density at radius 2 is 1.83 bits per heavy atom. The molecule has 0 radical (unpaired) electrons. The number of nitrogens with two attached hydrogens (primary N) is 1. The number of hydrogen-bond donors (Lipinski definition) is 1. The number of hydrogen-bond acceptors (Lipinski definition) is 4. The zero-order valence-corrected chi connectivity index (χ0v) is 11.3. The van der Waals surface area contributed by atoms with Crippen molar-refractivity contribution in [3.05, 3.63) is 29.8 Å². The summed E-state index contributed by atoms with van der Waals surface area (Å²) in [4.78, 5) is 13.4. The third-order valence-corrected chi connectivity index (χ3v) is 3.06. The predicted octanol–water partition coefficient (Wildman–Crippen LogP) is 2.10. The van der Waals surface area contributed by atoms with Crippen molar-refractivity contribution in [1.82, 2.24) is 0 Å². The lowest BCUT2D eigenvalue weighted by Gasteiger charge is -2.21. The molecule has 1 atom stereocenters. The van der Waals surface area contributed by atoms with Crippen LogP contribution in [0.25, 0.3) is 0 Å². The SMILES string of the molecule is CCN(CC)c1ccc([C@H](N)CC(=O)OC)cc1. The van der Waals surface area contributed by atoms with Crippen LogP contribution in [0, 0.1) is 0 Å². The van der Waals surface area contributed by atoms with Gasteiger partial charge in [-0.1, -0.05) is 12.1 Å². The summed E-state index contributed by atoms with van der Waals surface area (Å²) in [5.41, 5.74) is 8.08. The van der Waals surface area contributed by atoms with Gasteiger partial charge in [-0.3, -0.25) is 4.79 Å². The van der Waals surface area contributed by atoms with E-state index in [9.17, 15) is 4.79 Å². The Hall–Kier alpha value is -1.55. The molecule has 1 rings (SSSR count). The van der Waals surface area contributed by atoms with Gasteiger partial charge in [0.15, 0.2) is 0 Å². The van der Waals surface area contributed by atoms with E-state index < -0.39 is 0 Å². The van der Waals surface area contributed by atoms with Crippen LogP contribution in [-0.4, -0.2) is 26.2 Å². The van der Waals surface area contributed by atoms with Crippen LogP contribution in [0.3, 0.4) is 0 Å². The molecule has 100 valence electrons. The van der Waals surface area contributed by atoms with E-state index in [0.717, 1.165) is 18.7 Å². The molecule has 0 aliphatic heterocycles. The molecule has 0 spiro atoms. The monoisotopic (exact) mass is 250 g/mol. The summed E-state index contributed by atoms with van der Waals surface area (Å²) in [7, 11) is 1.37. The van der Waals surface area contributed by atoms with Crippen molar-refractivity contribution in [1.29, 1.82) is 0 Å². The first kappa shape index (κ1) is 14.5. The third-order valence-electron chi connectivity index (χ3n) is 3.06. The Morgan fingerprint density at radius 3 is 2.28 bits per heavy atom. The number of rotatable bonds is 6. The second kappa shape index (κ2) is 7.01. The summed E-state index contributed by atoms with van der Waals surface area (Å²) >= 11 is 0. The van der Waals surface area contributed by atoms with Crippen LogP contribution in [0.1, 0.15) is 31.9 Å². The Bertz CT molecular complexity index is 372. The van der Waals surface area contributed by atoms with Crippen molar-refractivity contribution in [2.75, 3.05) is 25.1 Å². The number of carbonyl (C=O) groups is 1. The quantitative estimate of drug-likeness (QED) is 0.785. The second-order valence-electron chi connectivity index (χ2n) is 4.15. The van der Waals surface area contributed by atoms with Gasteiger partial charge in [0.2, 0.25) is 0 Å². The second-order valence-corrected chi connectivity index (χ2v) is 4.15. The van der Waals surface area contributed by atoms with E-state index in [1.807, 2.05) is 24.3 Å². The predicted molar refractivity (Wildman–Crippen MR) is 73.6 cm³/mol. The van der Waals surface area contributed by atoms with Crippen LogP contribution in [0.5, 0.6) is 0 Å². The molecular weight excluding hydrogens is 228 g/mol. The third kappa shape index (κ3) is 3.74. The molecule has 0 amide bonds. The van der Waals surface area contributed by atoms with Crippen LogP contribution in [0.15, 0.2) is 24.3 Å². The molecule has 0 saturated carbocycles. The van der Waals surface area contributed by atoms with Gasteiger partial charge < -0.3 is 15.4 Å². The van der Waals surface area contributed by atoms with Crippen molar-refractivity contribution in [2.45, 2.75) is 26.3 Å². The molecule has 0 aliphatic carbocycles. The minimum Gasteiger partial charge on any atom is -0.469 e. The summed E-state index contributed by atoms with van der Waals surface area (Å²) in [6.45, 7) is 6.20. The molecule has 0 bridgehead atoms. The van der Waals surface area contributed by atoms with Gasteiger partial charge in [-0.25, -0.2) is 0 Å². The normalized spacial score (nSPS) is 12.0. The Kier molecular flexibility index (Phi) is 5.65. The number of benzene rings is 1. The maximum Gasteiger partial charge on any atom is 0.307 e. The van der Waals surface area contributed by atoms with E-state index in [-0.39, 0.29) is 18.4 Å². The Balaban J connectivity index is 2.72. The molecule has 1 aromatic rings. The van der Waals surface area contributed by atoms with E-state index in [1.54, 1.807) is 0 Å². The van der Waals surface area contributed by atoms with Crippen LogP contribution >= 0.6 is 0 Å². The van der Waals surface area contributed by atoms with Gasteiger partial charge in [0, 0.05) is 24.8 Å². The molecule has 4 heteroatoms. The number of nitrogens with zero attached hydrogens (tertiary/aromatic N) is 1. The lowest BCUT2D eigenvalue weighted by molar-refractivity contribution is -0.141. The van der Waals surface area contributed by atoms with Crippen molar-refractivity contribution in [2.24, 2.45) is 5.73 Å². The molecular formula is C14H22N2O2. The van der Waals surface area contributed by atoms with Crippen molar-refractivity contribution < 1.29 is 9.53 Å². The van der Waals surface area contributed by atoms with E-state index in [4.69, 9.17) is 5.73 Å². The Morgan fingerprint density at radius 1 is 1.28 bits per heavy atom. The van der Waals surface area contributed by atoms with Crippen LogP contribution in [0.4, 0.5) is 5.69 Å². The van der Waals surface area contributed by atoms with Gasteiger partial charge >= 0.3 is 5.97 Å². The highest BCUT2D eigenvalue weighted by atomic mass is 16.5. The largest absolute Gasteiger partial charge is 0.469 e. The molecule has 0 heterocycles. The average molecular weight is 250 g/mol. The first-order valence-electron chi connectivity index (χ1n) is 6.29. The van der Waals surface area contributed by atoms with Crippen LogP contribution in [-0.2, 0) is 9.53 Å². The van der Waals surface area contributed by atoms with Crippen molar-refractivity contribution in [3.8, 4) is 0 Å². The molecule has 18 heavy (non-hydrogen) atoms. The molecule has 2 N–H and O–H groups in total. The summed E-state index contributed by atoms with van der Waals surface area (Å²) in [6, 6.07) is 7.73. The summed E-state index contributed by atoms with van der Waals surface area (Å²) in [6.07, 6.45) is 0.209. The maximum absolute atomic E-state index is 11.2. The molecule has 4 nitrogen and oxygen atoms in total. The van der Waals surface area contributed by atoms with Gasteiger partial charge in [-0.2, -0.15) is 0 Å². The van der Waals surface area contributed by atoms with Gasteiger partial charge in [0.25, 0.3) is 0 Å². The molecule has 1 aromatic carbocycles. The zero-order chi connectivity index (χ0) is 13.5. The number of methoxy groups -OCH3 is 1. The maximum atomic E-state index is 11.2. The topological polar surface area (TPSA) is 55.6 Å². The molecule has 0 fully saturated rings. The van der Waals surface area contributed by atoms with E-state index in [1.165, 1.54) is 12.8 Å². The first-order chi connectivity index (χ1) is 8.62. The molecule has 0 unspecified atom stereocenters. The van der Waals surface area contributed by atoms with Crippen molar-refractivity contribution in [3.63, 3.8) is 0 Å². The van der Waals surface area contributed by atoms with Gasteiger partial charge in [0.05, 0.1) is 13.5 Å². The minimum absolute atomic E-state index is 0.209. The van der Waals surface area contributed by atoms with Crippen LogP contribution < -0.4 is 10.6 Å². The first-order valence-corrected chi connectivity index (χ1v) is 6.29. The number of ether oxygens (including phenoxy) is 1. The van der Waals surface area contributed by atoms with Crippen molar-refractivity contribution >= 4 is 11.7 Å². The lowest BCUT2D eigenvalue weighted by atomic mass is 10.0. The molecule has 0 saturated heterocycles. The fourth-order valence-corrected chi connectivity index (χ4v) is 1.90. The zero-order valence-electron chi connectivity index (χ0n) is 11.3. The standard InChI is InChI=1S/C14H22N2O2/c1-4-16(5-2)12-8-6-11(7-9-12)13(15)10-14(17)18-3/h6-9,13H,4-5,10,15H2,1-3H3/t13-/m1/s1. The fraction of sp³-hybridized carbons (Fsp3) is 0.500. The average Bonchev–Trinajstić information content (AvgIpc) is 2.40. The molecule has 0 aliphatic rings. The van der Waals surface area contributed by atoms with E-state index in [2.05, 4.69) is 23.5 Å². The highest BCUT2D eigenvalue weighted by Gasteiger charge is 2.12. The van der Waals surface area contributed by atoms with E-state index >= 15 is 0 Å². The fourth-order valence-electron chi connectivity index (χ4n) is 1.90. The lowest BCUT2D eigenvalue weighted by Crippen LogP contribution is -2.22. The molecule has 0 aromatic heterocycles. The smallest absolute Gasteiger partial charge is 0.307 e.